The van der Waals surface area contributed by atoms with E-state index >= 15 is 0 Å². The Bertz CT molecular complexity index is 672. The fourth-order valence-corrected chi connectivity index (χ4v) is 4.42. The quantitative estimate of drug-likeness (QED) is 0.181. The Morgan fingerprint density at radius 1 is 0.781 bits per heavy atom. The summed E-state index contributed by atoms with van der Waals surface area (Å²) >= 11 is 0. The molecule has 0 saturated heterocycles. The van der Waals surface area contributed by atoms with Gasteiger partial charge in [0, 0.05) is 0 Å². The van der Waals surface area contributed by atoms with Crippen LogP contribution in [0.4, 0.5) is 0 Å². The molecule has 0 bridgehead atoms. The second kappa shape index (κ2) is 18.3. The summed E-state index contributed by atoms with van der Waals surface area (Å²) in [7, 11) is -4.38. The molecule has 1 rings (SSSR count). The first-order valence-corrected chi connectivity index (χ1v) is 14.0. The van der Waals surface area contributed by atoms with Gasteiger partial charge in [0.05, 0.1) is 5.25 Å². The molecule has 0 aliphatic carbocycles. The number of benzene rings is 1. The summed E-state index contributed by atoms with van der Waals surface area (Å²) in [5.41, 5.74) is 2.28. The minimum absolute atomic E-state index is 0. The van der Waals surface area contributed by atoms with Gasteiger partial charge in [-0.15, -0.1) is 0 Å². The van der Waals surface area contributed by atoms with Gasteiger partial charge in [-0.1, -0.05) is 96.3 Å². The fraction of sp³-hybridized carbons (Fsp3) is 0.769. The number of unbranched alkanes of at least 4 members (excludes halogenated alkanes) is 10. The van der Waals surface area contributed by atoms with Crippen molar-refractivity contribution in [2.24, 2.45) is 0 Å². The van der Waals surface area contributed by atoms with Crippen molar-refractivity contribution in [2.45, 2.75) is 129 Å². The molecule has 0 saturated carbocycles. The number of para-hydroxylation sites is 1. The molecule has 0 N–H and O–H groups in total. The zero-order valence-electron chi connectivity index (χ0n) is 21.3. The van der Waals surface area contributed by atoms with Gasteiger partial charge in [-0.25, -0.2) is 8.42 Å². The Morgan fingerprint density at radius 3 is 1.59 bits per heavy atom. The maximum absolute atomic E-state index is 11.5. The van der Waals surface area contributed by atoms with Gasteiger partial charge in [-0.05, 0) is 50.7 Å². The molecule has 0 spiro atoms. The monoisotopic (exact) mass is 476 g/mol. The van der Waals surface area contributed by atoms with Crippen molar-refractivity contribution >= 4 is 10.1 Å². The predicted octanol–water partition coefficient (Wildman–Crippen LogP) is 4.20. The molecule has 0 fully saturated rings. The van der Waals surface area contributed by atoms with Crippen molar-refractivity contribution in [3.05, 3.63) is 29.3 Å². The summed E-state index contributed by atoms with van der Waals surface area (Å²) in [6, 6.07) is 6.27. The standard InChI is InChI=1S/C26H46O4S.Na/c1-5-7-9-11-13-15-18-24-20-17-21-25(19-16-14-12-10-8-6-2)26(24)30-22(3)23(4)31(27,28)29;/h17,20-23H,5-16,18-19H2,1-4H3,(H,27,28,29);/q;+1/p-1. The molecule has 6 heteroatoms. The molecule has 4 nitrogen and oxygen atoms in total. The predicted molar refractivity (Wildman–Crippen MR) is 130 cm³/mol. The molecular formula is C26H45NaO4S. The summed E-state index contributed by atoms with van der Waals surface area (Å²) in [6.45, 7) is 7.58. The fourth-order valence-electron chi connectivity index (χ4n) is 3.89. The second-order valence-electron chi connectivity index (χ2n) is 8.96. The zero-order chi connectivity index (χ0) is 23.1. The van der Waals surface area contributed by atoms with Crippen LogP contribution in [0.15, 0.2) is 18.2 Å². The zero-order valence-corrected chi connectivity index (χ0v) is 24.1. The van der Waals surface area contributed by atoms with Crippen molar-refractivity contribution in [1.29, 1.82) is 0 Å². The summed E-state index contributed by atoms with van der Waals surface area (Å²) < 4.78 is 40.7. The van der Waals surface area contributed by atoms with Crippen LogP contribution in [-0.2, 0) is 23.0 Å². The number of ether oxygens (including phenoxy) is 1. The Morgan fingerprint density at radius 2 is 1.19 bits per heavy atom. The van der Waals surface area contributed by atoms with Gasteiger partial charge in [0.2, 0.25) is 0 Å². The van der Waals surface area contributed by atoms with Crippen molar-refractivity contribution < 1.29 is 47.3 Å². The van der Waals surface area contributed by atoms with Crippen LogP contribution in [0.2, 0.25) is 0 Å². The van der Waals surface area contributed by atoms with E-state index in [1.54, 1.807) is 6.92 Å². The summed E-state index contributed by atoms with van der Waals surface area (Å²) in [5, 5.41) is -1.07. The first kappa shape index (κ1) is 31.9. The van der Waals surface area contributed by atoms with Gasteiger partial charge in [0.1, 0.15) is 22.0 Å². The van der Waals surface area contributed by atoms with Gasteiger partial charge >= 0.3 is 29.6 Å². The third-order valence-corrected chi connectivity index (χ3v) is 7.49. The molecular weight excluding hydrogens is 431 g/mol. The molecule has 0 amide bonds. The van der Waals surface area contributed by atoms with Crippen LogP contribution < -0.4 is 34.3 Å². The summed E-state index contributed by atoms with van der Waals surface area (Å²) in [4.78, 5) is 0. The Kier molecular flexibility index (Phi) is 18.2. The number of aryl methyl sites for hydroxylation is 2. The van der Waals surface area contributed by atoms with Crippen molar-refractivity contribution in [3.8, 4) is 5.75 Å². The SMILES string of the molecule is CCCCCCCCc1cccc(CCCCCCCC)c1OC(C)C(C)S(=O)(=O)[O-].[Na+]. The molecule has 0 aromatic heterocycles. The van der Waals surface area contributed by atoms with Crippen molar-refractivity contribution in [1.82, 2.24) is 0 Å². The van der Waals surface area contributed by atoms with Gasteiger partial charge in [0.25, 0.3) is 0 Å². The Hall–Kier alpha value is -0.0700. The van der Waals surface area contributed by atoms with Crippen molar-refractivity contribution in [2.75, 3.05) is 0 Å². The molecule has 0 heterocycles. The van der Waals surface area contributed by atoms with Crippen LogP contribution in [0, 0.1) is 0 Å². The third-order valence-electron chi connectivity index (χ3n) is 6.20. The van der Waals surface area contributed by atoms with E-state index in [2.05, 4.69) is 32.0 Å². The van der Waals surface area contributed by atoms with E-state index in [0.29, 0.717) is 0 Å². The first-order chi connectivity index (χ1) is 14.8. The topological polar surface area (TPSA) is 66.4 Å². The smallest absolute Gasteiger partial charge is 0.748 e. The van der Waals surface area contributed by atoms with E-state index in [1.165, 1.54) is 71.1 Å². The van der Waals surface area contributed by atoms with Crippen LogP contribution in [0.25, 0.3) is 0 Å². The third kappa shape index (κ3) is 13.0. The second-order valence-corrected chi connectivity index (χ2v) is 10.7. The van der Waals surface area contributed by atoms with Crippen LogP contribution >= 0.6 is 0 Å². The van der Waals surface area contributed by atoms with Crippen LogP contribution in [0.3, 0.4) is 0 Å². The summed E-state index contributed by atoms with van der Waals surface area (Å²) in [5.74, 6) is 0.813. The molecule has 180 valence electrons. The molecule has 0 aliphatic rings. The average Bonchev–Trinajstić information content (AvgIpc) is 2.73. The van der Waals surface area contributed by atoms with E-state index in [-0.39, 0.29) is 29.6 Å². The maximum Gasteiger partial charge on any atom is 1.00 e. The largest absolute Gasteiger partial charge is 1.00 e. The van der Waals surface area contributed by atoms with E-state index < -0.39 is 21.5 Å². The maximum atomic E-state index is 11.5. The van der Waals surface area contributed by atoms with Crippen LogP contribution in [-0.4, -0.2) is 24.3 Å². The van der Waals surface area contributed by atoms with E-state index in [0.717, 1.165) is 42.6 Å². The summed E-state index contributed by atoms with van der Waals surface area (Å²) in [6.07, 6.45) is 15.9. The average molecular weight is 477 g/mol. The van der Waals surface area contributed by atoms with E-state index in [4.69, 9.17) is 4.74 Å². The normalized spacial score (nSPS) is 13.4. The van der Waals surface area contributed by atoms with Crippen LogP contribution in [0.5, 0.6) is 5.75 Å². The number of hydrogen-bond acceptors (Lipinski definition) is 4. The van der Waals surface area contributed by atoms with Gasteiger partial charge < -0.3 is 9.29 Å². The first-order valence-electron chi connectivity index (χ1n) is 12.5. The Labute approximate surface area is 220 Å². The molecule has 0 aliphatic heterocycles. The molecule has 1 aromatic rings. The van der Waals surface area contributed by atoms with Gasteiger partial charge in [-0.3, -0.25) is 0 Å². The van der Waals surface area contributed by atoms with E-state index in [9.17, 15) is 13.0 Å². The number of hydrogen-bond donors (Lipinski definition) is 0. The Balaban J connectivity index is 0.00000961. The van der Waals surface area contributed by atoms with E-state index in [1.807, 2.05) is 0 Å². The minimum Gasteiger partial charge on any atom is -0.748 e. The molecule has 1 aromatic carbocycles. The van der Waals surface area contributed by atoms with Gasteiger partial charge in [0.15, 0.2) is 0 Å². The molecule has 2 unspecified atom stereocenters. The molecule has 0 radical (unpaired) electrons. The van der Waals surface area contributed by atoms with Crippen molar-refractivity contribution in [3.63, 3.8) is 0 Å². The number of rotatable bonds is 18. The minimum atomic E-state index is -4.38. The molecule has 2 atom stereocenters. The molecule has 32 heavy (non-hydrogen) atoms. The van der Waals surface area contributed by atoms with Gasteiger partial charge in [-0.2, -0.15) is 0 Å². The van der Waals surface area contributed by atoms with Crippen LogP contribution in [0.1, 0.15) is 116 Å².